The van der Waals surface area contributed by atoms with Crippen LogP contribution in [-0.2, 0) is 24.0 Å². The summed E-state index contributed by atoms with van der Waals surface area (Å²) in [6, 6.07) is 7.57. The van der Waals surface area contributed by atoms with E-state index in [9.17, 15) is 0 Å². The van der Waals surface area contributed by atoms with Crippen LogP contribution in [0, 0.1) is 5.92 Å². The van der Waals surface area contributed by atoms with Crippen molar-refractivity contribution in [1.82, 2.24) is 5.32 Å². The highest BCUT2D eigenvalue weighted by molar-refractivity contribution is 5.35. The Morgan fingerprint density at radius 2 is 2.15 bits per heavy atom. The van der Waals surface area contributed by atoms with Crippen LogP contribution < -0.4 is 5.32 Å². The van der Waals surface area contributed by atoms with Gasteiger partial charge >= 0.3 is 0 Å². The van der Waals surface area contributed by atoms with Crippen molar-refractivity contribution in [1.29, 1.82) is 0 Å². The molecule has 1 N–H and O–H groups in total. The van der Waals surface area contributed by atoms with Crippen LogP contribution in [0.2, 0.25) is 0 Å². The second-order valence-corrected chi connectivity index (χ2v) is 6.43. The fraction of sp³-hybridized carbons (Fsp3) is 0.667. The average molecular weight is 273 g/mol. The van der Waals surface area contributed by atoms with Gasteiger partial charge in [-0.15, -0.1) is 0 Å². The van der Waals surface area contributed by atoms with Gasteiger partial charge in [-0.05, 0) is 61.3 Å². The molecular weight excluding hydrogens is 246 g/mol. The largest absolute Gasteiger partial charge is 0.376 e. The van der Waals surface area contributed by atoms with Crippen LogP contribution in [0.3, 0.4) is 0 Å². The molecule has 1 aromatic rings. The van der Waals surface area contributed by atoms with E-state index in [1.165, 1.54) is 31.2 Å². The predicted octanol–water partition coefficient (Wildman–Crippen LogP) is 3.12. The lowest BCUT2D eigenvalue weighted by atomic mass is 9.92. The van der Waals surface area contributed by atoms with Crippen LogP contribution in [0.5, 0.6) is 0 Å². The number of benzene rings is 1. The zero-order chi connectivity index (χ0) is 13.9. The normalized spacial score (nSPS) is 26.7. The van der Waals surface area contributed by atoms with Crippen molar-refractivity contribution in [2.24, 2.45) is 5.92 Å². The second-order valence-electron chi connectivity index (χ2n) is 6.43. The maximum atomic E-state index is 5.98. The lowest BCUT2D eigenvalue weighted by Crippen LogP contribution is -2.43. The number of fused-ring (bicyclic) bond motifs is 1. The first-order valence-corrected chi connectivity index (χ1v) is 8.23. The third-order valence-electron chi connectivity index (χ3n) is 4.93. The standard InChI is InChI=1S/C18H27NO/c1-3-19-17(18-13(2)9-10-20-18)12-14-7-8-15-5-4-6-16(15)11-14/h7-8,11,13,17-19H,3-6,9-10,12H2,1-2H3. The van der Waals surface area contributed by atoms with Gasteiger partial charge in [0.15, 0.2) is 0 Å². The van der Waals surface area contributed by atoms with E-state index in [2.05, 4.69) is 37.4 Å². The van der Waals surface area contributed by atoms with Gasteiger partial charge in [-0.3, -0.25) is 0 Å². The molecule has 1 fully saturated rings. The molecule has 2 aliphatic rings. The predicted molar refractivity (Wildman–Crippen MR) is 83.2 cm³/mol. The Hall–Kier alpha value is -0.860. The van der Waals surface area contributed by atoms with Crippen molar-refractivity contribution in [2.75, 3.05) is 13.2 Å². The minimum absolute atomic E-state index is 0.378. The molecule has 20 heavy (non-hydrogen) atoms. The first-order chi connectivity index (χ1) is 9.78. The Balaban J connectivity index is 1.72. The average Bonchev–Trinajstić information content (AvgIpc) is 3.06. The molecule has 1 aliphatic carbocycles. The quantitative estimate of drug-likeness (QED) is 0.890. The lowest BCUT2D eigenvalue weighted by Gasteiger charge is -2.27. The van der Waals surface area contributed by atoms with Crippen LogP contribution >= 0.6 is 0 Å². The molecule has 3 rings (SSSR count). The molecule has 0 bridgehead atoms. The van der Waals surface area contributed by atoms with Crippen molar-refractivity contribution >= 4 is 0 Å². The topological polar surface area (TPSA) is 21.3 Å². The van der Waals surface area contributed by atoms with E-state index in [0.717, 1.165) is 19.6 Å². The van der Waals surface area contributed by atoms with E-state index >= 15 is 0 Å². The van der Waals surface area contributed by atoms with Crippen LogP contribution in [0.15, 0.2) is 18.2 Å². The monoisotopic (exact) mass is 273 g/mol. The number of likely N-dealkylation sites (N-methyl/N-ethyl adjacent to an activating group) is 1. The molecule has 1 aliphatic heterocycles. The highest BCUT2D eigenvalue weighted by Gasteiger charge is 2.31. The summed E-state index contributed by atoms with van der Waals surface area (Å²) in [4.78, 5) is 0. The molecule has 2 heteroatoms. The van der Waals surface area contributed by atoms with E-state index in [0.29, 0.717) is 18.1 Å². The molecular formula is C18H27NO. The maximum absolute atomic E-state index is 5.98. The molecule has 1 aromatic carbocycles. The number of hydrogen-bond acceptors (Lipinski definition) is 2. The van der Waals surface area contributed by atoms with Gasteiger partial charge in [-0.25, -0.2) is 0 Å². The van der Waals surface area contributed by atoms with Crippen molar-refractivity contribution in [3.05, 3.63) is 34.9 Å². The zero-order valence-electron chi connectivity index (χ0n) is 12.8. The highest BCUT2D eigenvalue weighted by atomic mass is 16.5. The number of aryl methyl sites for hydroxylation is 2. The Labute approximate surface area is 122 Å². The van der Waals surface area contributed by atoms with Gasteiger partial charge in [0.25, 0.3) is 0 Å². The number of hydrogen-bond donors (Lipinski definition) is 1. The van der Waals surface area contributed by atoms with Crippen molar-refractivity contribution < 1.29 is 4.74 Å². The molecule has 1 heterocycles. The summed E-state index contributed by atoms with van der Waals surface area (Å²) >= 11 is 0. The van der Waals surface area contributed by atoms with Gasteiger partial charge in [-0.1, -0.05) is 32.0 Å². The smallest absolute Gasteiger partial charge is 0.0757 e. The SMILES string of the molecule is CCNC(Cc1ccc2c(c1)CCC2)C1OCCC1C. The summed E-state index contributed by atoms with van der Waals surface area (Å²) in [5.41, 5.74) is 4.62. The van der Waals surface area contributed by atoms with Crippen LogP contribution in [-0.4, -0.2) is 25.3 Å². The molecule has 0 radical (unpaired) electrons. The zero-order valence-corrected chi connectivity index (χ0v) is 12.8. The highest BCUT2D eigenvalue weighted by Crippen LogP contribution is 2.27. The van der Waals surface area contributed by atoms with E-state index in [1.54, 1.807) is 11.1 Å². The Morgan fingerprint density at radius 3 is 2.90 bits per heavy atom. The van der Waals surface area contributed by atoms with Crippen molar-refractivity contribution in [3.8, 4) is 0 Å². The number of rotatable bonds is 5. The van der Waals surface area contributed by atoms with E-state index in [1.807, 2.05) is 0 Å². The van der Waals surface area contributed by atoms with Gasteiger partial charge in [0.2, 0.25) is 0 Å². The molecule has 0 saturated carbocycles. The van der Waals surface area contributed by atoms with Gasteiger partial charge < -0.3 is 10.1 Å². The third-order valence-corrected chi connectivity index (χ3v) is 4.93. The summed E-state index contributed by atoms with van der Waals surface area (Å²) in [7, 11) is 0. The lowest BCUT2D eigenvalue weighted by molar-refractivity contribution is 0.0615. The Kier molecular flexibility index (Phi) is 4.42. The first kappa shape index (κ1) is 14.1. The van der Waals surface area contributed by atoms with Crippen molar-refractivity contribution in [2.45, 2.75) is 58.1 Å². The summed E-state index contributed by atoms with van der Waals surface area (Å²) in [6.45, 7) is 6.46. The van der Waals surface area contributed by atoms with Gasteiger partial charge in [0.05, 0.1) is 6.10 Å². The minimum Gasteiger partial charge on any atom is -0.376 e. The van der Waals surface area contributed by atoms with E-state index in [-0.39, 0.29) is 0 Å². The first-order valence-electron chi connectivity index (χ1n) is 8.23. The van der Waals surface area contributed by atoms with E-state index < -0.39 is 0 Å². The molecule has 2 nitrogen and oxygen atoms in total. The minimum atomic E-state index is 0.378. The van der Waals surface area contributed by atoms with Crippen LogP contribution in [0.4, 0.5) is 0 Å². The molecule has 1 saturated heterocycles. The number of ether oxygens (including phenoxy) is 1. The fourth-order valence-corrected chi connectivity index (χ4v) is 3.80. The van der Waals surface area contributed by atoms with Gasteiger partial charge in [0.1, 0.15) is 0 Å². The maximum Gasteiger partial charge on any atom is 0.0757 e. The summed E-state index contributed by atoms with van der Waals surface area (Å²) < 4.78 is 5.98. The van der Waals surface area contributed by atoms with Gasteiger partial charge in [-0.2, -0.15) is 0 Å². The van der Waals surface area contributed by atoms with Crippen molar-refractivity contribution in [3.63, 3.8) is 0 Å². The Morgan fingerprint density at radius 1 is 1.30 bits per heavy atom. The van der Waals surface area contributed by atoms with Gasteiger partial charge in [0, 0.05) is 12.6 Å². The van der Waals surface area contributed by atoms with Crippen LogP contribution in [0.1, 0.15) is 43.4 Å². The Bertz CT molecular complexity index is 457. The summed E-state index contributed by atoms with van der Waals surface area (Å²) in [5.74, 6) is 0.675. The molecule has 110 valence electrons. The summed E-state index contributed by atoms with van der Waals surface area (Å²) in [5, 5.41) is 3.65. The fourth-order valence-electron chi connectivity index (χ4n) is 3.80. The third kappa shape index (κ3) is 2.91. The molecule has 3 unspecified atom stereocenters. The van der Waals surface area contributed by atoms with Crippen LogP contribution in [0.25, 0.3) is 0 Å². The number of nitrogens with one attached hydrogen (secondary N) is 1. The molecule has 0 spiro atoms. The molecule has 0 amide bonds. The summed E-state index contributed by atoms with van der Waals surface area (Å²) in [6.07, 6.45) is 6.55. The second kappa shape index (κ2) is 6.28. The molecule has 3 atom stereocenters. The van der Waals surface area contributed by atoms with E-state index in [4.69, 9.17) is 4.74 Å². The molecule has 0 aromatic heterocycles.